The van der Waals surface area contributed by atoms with Crippen molar-refractivity contribution in [1.29, 1.82) is 0 Å². The van der Waals surface area contributed by atoms with Crippen LogP contribution in [-0.2, 0) is 0 Å². The Morgan fingerprint density at radius 3 is 2.45 bits per heavy atom. The van der Waals surface area contributed by atoms with Gasteiger partial charge < -0.3 is 15.1 Å². The van der Waals surface area contributed by atoms with Gasteiger partial charge in [-0.2, -0.15) is 9.36 Å². The summed E-state index contributed by atoms with van der Waals surface area (Å²) in [5.41, 5.74) is 1.04. The predicted molar refractivity (Wildman–Crippen MR) is 111 cm³/mol. The van der Waals surface area contributed by atoms with Gasteiger partial charge in [-0.15, -0.1) is 0 Å². The third-order valence-electron chi connectivity index (χ3n) is 4.63. The number of hydrogen-bond donors (Lipinski definition) is 1. The van der Waals surface area contributed by atoms with Gasteiger partial charge in [-0.05, 0) is 6.07 Å². The molecule has 0 atom stereocenters. The van der Waals surface area contributed by atoms with Crippen LogP contribution in [0.3, 0.4) is 0 Å². The standard InChI is InChI=1S/C19H18N6O3S/c26-18(20-15-8-4-5-9-16(15)25(27)28)23-10-12-24(13-11-23)19-21-17(22-29-19)14-6-2-1-3-7-14/h1-9H,10-13H2,(H,20,26). The average Bonchev–Trinajstić information content (AvgIpc) is 3.25. The molecule has 29 heavy (non-hydrogen) atoms. The highest BCUT2D eigenvalue weighted by Crippen LogP contribution is 2.26. The molecule has 148 valence electrons. The first kappa shape index (κ1) is 18.8. The molecule has 0 spiro atoms. The molecule has 1 fully saturated rings. The van der Waals surface area contributed by atoms with Crippen molar-refractivity contribution in [2.75, 3.05) is 36.4 Å². The summed E-state index contributed by atoms with van der Waals surface area (Å²) in [5.74, 6) is 0.696. The topological polar surface area (TPSA) is 104 Å². The number of piperazine rings is 1. The summed E-state index contributed by atoms with van der Waals surface area (Å²) in [6.45, 7) is 2.22. The number of nitro benzene ring substituents is 1. The minimum atomic E-state index is -0.507. The van der Waals surface area contributed by atoms with Gasteiger partial charge in [-0.25, -0.2) is 4.79 Å². The van der Waals surface area contributed by atoms with E-state index in [1.165, 1.54) is 23.7 Å². The summed E-state index contributed by atoms with van der Waals surface area (Å²) in [6.07, 6.45) is 0. The van der Waals surface area contributed by atoms with Gasteiger partial charge in [0.05, 0.1) is 4.92 Å². The van der Waals surface area contributed by atoms with Crippen LogP contribution in [0.1, 0.15) is 0 Å². The van der Waals surface area contributed by atoms with Crippen molar-refractivity contribution in [3.05, 3.63) is 64.7 Å². The molecule has 1 aliphatic rings. The average molecular weight is 410 g/mol. The molecule has 1 aliphatic heterocycles. The fourth-order valence-electron chi connectivity index (χ4n) is 3.08. The van der Waals surface area contributed by atoms with Crippen LogP contribution in [-0.4, -0.2) is 51.4 Å². The van der Waals surface area contributed by atoms with Crippen molar-refractivity contribution in [3.63, 3.8) is 0 Å². The highest BCUT2D eigenvalue weighted by molar-refractivity contribution is 7.09. The molecule has 1 saturated heterocycles. The second-order valence-electron chi connectivity index (χ2n) is 6.45. The molecular weight excluding hydrogens is 392 g/mol. The fraction of sp³-hybridized carbons (Fsp3) is 0.211. The molecule has 0 aliphatic carbocycles. The van der Waals surface area contributed by atoms with Crippen LogP contribution >= 0.6 is 11.5 Å². The summed E-state index contributed by atoms with van der Waals surface area (Å²) in [5, 5.41) is 14.6. The van der Waals surface area contributed by atoms with Crippen LogP contribution in [0.25, 0.3) is 11.4 Å². The first-order chi connectivity index (χ1) is 14.1. The number of nitrogens with zero attached hydrogens (tertiary/aromatic N) is 5. The van der Waals surface area contributed by atoms with E-state index in [4.69, 9.17) is 0 Å². The minimum absolute atomic E-state index is 0.123. The summed E-state index contributed by atoms with van der Waals surface area (Å²) in [6, 6.07) is 15.6. The molecule has 1 aromatic heterocycles. The molecule has 0 bridgehead atoms. The molecule has 2 aromatic carbocycles. The number of amides is 2. The van der Waals surface area contributed by atoms with E-state index in [0.717, 1.165) is 10.7 Å². The first-order valence-corrected chi connectivity index (χ1v) is 9.82. The van der Waals surface area contributed by atoms with Crippen molar-refractivity contribution in [2.24, 2.45) is 0 Å². The lowest BCUT2D eigenvalue weighted by Crippen LogP contribution is -2.50. The van der Waals surface area contributed by atoms with Crippen LogP contribution < -0.4 is 10.2 Å². The number of benzene rings is 2. The normalized spacial score (nSPS) is 13.9. The largest absolute Gasteiger partial charge is 0.343 e. The Hall–Kier alpha value is -3.53. The van der Waals surface area contributed by atoms with Gasteiger partial charge in [-0.3, -0.25) is 10.1 Å². The number of para-hydroxylation sites is 2. The van der Waals surface area contributed by atoms with E-state index in [1.54, 1.807) is 17.0 Å². The molecule has 2 amide bonds. The van der Waals surface area contributed by atoms with Gasteiger partial charge in [0, 0.05) is 49.3 Å². The number of urea groups is 1. The molecule has 0 unspecified atom stereocenters. The Kier molecular flexibility index (Phi) is 5.34. The predicted octanol–water partition coefficient (Wildman–Crippen LogP) is 3.47. The number of nitrogens with one attached hydrogen (secondary N) is 1. The van der Waals surface area contributed by atoms with Gasteiger partial charge in [0.25, 0.3) is 5.69 Å². The third kappa shape index (κ3) is 4.16. The number of nitro groups is 1. The molecule has 3 aromatic rings. The SMILES string of the molecule is O=C(Nc1ccccc1[N+](=O)[O-])N1CCN(c2nc(-c3ccccc3)ns2)CC1. The molecule has 1 N–H and O–H groups in total. The Bertz CT molecular complexity index is 1020. The summed E-state index contributed by atoms with van der Waals surface area (Å²) < 4.78 is 4.43. The zero-order valence-corrected chi connectivity index (χ0v) is 16.2. The van der Waals surface area contributed by atoms with Crippen molar-refractivity contribution in [2.45, 2.75) is 0 Å². The number of rotatable bonds is 4. The monoisotopic (exact) mass is 410 g/mol. The van der Waals surface area contributed by atoms with E-state index in [1.807, 2.05) is 30.3 Å². The number of carbonyl (C=O) groups is 1. The highest BCUT2D eigenvalue weighted by Gasteiger charge is 2.25. The molecule has 0 saturated carbocycles. The summed E-state index contributed by atoms with van der Waals surface area (Å²) >= 11 is 1.34. The number of carbonyl (C=O) groups excluding carboxylic acids is 1. The lowest BCUT2D eigenvalue weighted by Gasteiger charge is -2.34. The second-order valence-corrected chi connectivity index (χ2v) is 7.18. The molecule has 0 radical (unpaired) electrons. The smallest absolute Gasteiger partial charge is 0.322 e. The van der Waals surface area contributed by atoms with Gasteiger partial charge in [0.15, 0.2) is 5.82 Å². The van der Waals surface area contributed by atoms with Gasteiger partial charge in [-0.1, -0.05) is 42.5 Å². The maximum atomic E-state index is 12.5. The molecule has 9 nitrogen and oxygen atoms in total. The van der Waals surface area contributed by atoms with Crippen LogP contribution in [0.4, 0.5) is 21.3 Å². The quantitative estimate of drug-likeness (QED) is 0.522. The third-order valence-corrected chi connectivity index (χ3v) is 5.40. The summed E-state index contributed by atoms with van der Waals surface area (Å²) in [4.78, 5) is 31.5. The molecule has 4 rings (SSSR count). The molecule has 2 heterocycles. The van der Waals surface area contributed by atoms with E-state index in [2.05, 4.69) is 19.6 Å². The molecule has 10 heteroatoms. The summed E-state index contributed by atoms with van der Waals surface area (Å²) in [7, 11) is 0. The van der Waals surface area contributed by atoms with Gasteiger partial charge >= 0.3 is 6.03 Å². The first-order valence-electron chi connectivity index (χ1n) is 9.05. The Labute approximate surface area is 170 Å². The fourth-order valence-corrected chi connectivity index (χ4v) is 3.82. The maximum absolute atomic E-state index is 12.5. The number of hydrogen-bond acceptors (Lipinski definition) is 7. The van der Waals surface area contributed by atoms with Gasteiger partial charge in [0.1, 0.15) is 5.69 Å². The second kappa shape index (κ2) is 8.23. The minimum Gasteiger partial charge on any atom is -0.343 e. The number of anilines is 2. The van der Waals surface area contributed by atoms with Crippen molar-refractivity contribution < 1.29 is 9.72 Å². The zero-order chi connectivity index (χ0) is 20.2. The van der Waals surface area contributed by atoms with Crippen molar-refractivity contribution in [1.82, 2.24) is 14.3 Å². The molecular formula is C19H18N6O3S. The Balaban J connectivity index is 1.37. The van der Waals surface area contributed by atoms with Crippen molar-refractivity contribution >= 4 is 34.1 Å². The van der Waals surface area contributed by atoms with Gasteiger partial charge in [0.2, 0.25) is 5.13 Å². The Morgan fingerprint density at radius 2 is 1.72 bits per heavy atom. The zero-order valence-electron chi connectivity index (χ0n) is 15.4. The maximum Gasteiger partial charge on any atom is 0.322 e. The van der Waals surface area contributed by atoms with Crippen molar-refractivity contribution in [3.8, 4) is 11.4 Å². The number of aromatic nitrogens is 2. The van der Waals surface area contributed by atoms with E-state index in [9.17, 15) is 14.9 Å². The lowest BCUT2D eigenvalue weighted by molar-refractivity contribution is -0.383. The van der Waals surface area contributed by atoms with Crippen LogP contribution in [0, 0.1) is 10.1 Å². The van der Waals surface area contributed by atoms with Crippen LogP contribution in [0.5, 0.6) is 0 Å². The van der Waals surface area contributed by atoms with Crippen LogP contribution in [0.2, 0.25) is 0 Å². The van der Waals surface area contributed by atoms with E-state index in [0.29, 0.717) is 32.0 Å². The van der Waals surface area contributed by atoms with E-state index < -0.39 is 4.92 Å². The van der Waals surface area contributed by atoms with E-state index >= 15 is 0 Å². The van der Waals surface area contributed by atoms with E-state index in [-0.39, 0.29) is 17.4 Å². The Morgan fingerprint density at radius 1 is 1.03 bits per heavy atom. The van der Waals surface area contributed by atoms with Crippen LogP contribution in [0.15, 0.2) is 54.6 Å². The lowest BCUT2D eigenvalue weighted by atomic mass is 10.2. The highest BCUT2D eigenvalue weighted by atomic mass is 32.1.